The molecule has 0 heterocycles. The van der Waals surface area contributed by atoms with Gasteiger partial charge in [0, 0.05) is 36.3 Å². The minimum absolute atomic E-state index is 0.0767. The van der Waals surface area contributed by atoms with Crippen molar-refractivity contribution in [3.63, 3.8) is 0 Å². The van der Waals surface area contributed by atoms with Gasteiger partial charge in [0.1, 0.15) is 11.6 Å². The van der Waals surface area contributed by atoms with Gasteiger partial charge in [-0.25, -0.2) is 8.78 Å². The summed E-state index contributed by atoms with van der Waals surface area (Å²) in [5.74, 6) is 0.554. The quantitative estimate of drug-likeness (QED) is 0.594. The smallest absolute Gasteiger partial charge is 0.195 e. The number of ether oxygens (including phenoxy) is 2. The molecule has 2 aromatic carbocycles. The maximum atomic E-state index is 13.9. The van der Waals surface area contributed by atoms with Crippen molar-refractivity contribution >= 4 is 11.6 Å². The number of halogens is 2. The first-order valence-corrected chi connectivity index (χ1v) is 8.82. The van der Waals surface area contributed by atoms with Gasteiger partial charge >= 0.3 is 0 Å². The average molecular weight is 375 g/mol. The van der Waals surface area contributed by atoms with Crippen LogP contribution in [0, 0.1) is 11.6 Å². The van der Waals surface area contributed by atoms with Crippen LogP contribution in [0.1, 0.15) is 24.8 Å². The molecule has 5 nitrogen and oxygen atoms in total. The summed E-state index contributed by atoms with van der Waals surface area (Å²) >= 11 is 0. The van der Waals surface area contributed by atoms with E-state index in [1.807, 2.05) is 19.1 Å². The normalized spacial score (nSPS) is 18.8. The summed E-state index contributed by atoms with van der Waals surface area (Å²) in [7, 11) is 3.22. The molecule has 2 unspecified atom stereocenters. The minimum atomic E-state index is -0.511. The van der Waals surface area contributed by atoms with E-state index in [2.05, 4.69) is 15.6 Å². The number of anilines is 1. The van der Waals surface area contributed by atoms with Gasteiger partial charge in [-0.2, -0.15) is 0 Å². The number of nitrogens with zero attached hydrogens (tertiary/aromatic N) is 1. The van der Waals surface area contributed by atoms with Crippen LogP contribution in [0.3, 0.4) is 0 Å². The fraction of sp³-hybridized carbons (Fsp3) is 0.350. The van der Waals surface area contributed by atoms with Crippen molar-refractivity contribution in [1.29, 1.82) is 0 Å². The molecule has 1 saturated carbocycles. The molecule has 0 amide bonds. The minimum Gasteiger partial charge on any atom is -0.493 e. The Kier molecular flexibility index (Phi) is 5.78. The summed E-state index contributed by atoms with van der Waals surface area (Å²) in [4.78, 5) is 4.19. The van der Waals surface area contributed by atoms with Crippen LogP contribution in [0.5, 0.6) is 11.5 Å². The molecule has 3 rings (SSSR count). The second-order valence-corrected chi connectivity index (χ2v) is 6.22. The molecule has 1 fully saturated rings. The zero-order valence-electron chi connectivity index (χ0n) is 15.6. The second-order valence-electron chi connectivity index (χ2n) is 6.22. The Morgan fingerprint density at radius 3 is 2.56 bits per heavy atom. The third-order valence-electron chi connectivity index (χ3n) is 4.43. The molecule has 1 aliphatic rings. The summed E-state index contributed by atoms with van der Waals surface area (Å²) in [5, 5.41) is 6.36. The molecule has 0 aliphatic heterocycles. The largest absolute Gasteiger partial charge is 0.493 e. The highest BCUT2D eigenvalue weighted by Crippen LogP contribution is 2.43. The van der Waals surface area contributed by atoms with Gasteiger partial charge < -0.3 is 20.1 Å². The van der Waals surface area contributed by atoms with Crippen molar-refractivity contribution in [2.75, 3.05) is 26.1 Å². The van der Waals surface area contributed by atoms with E-state index in [1.54, 1.807) is 20.2 Å². The molecule has 7 heteroatoms. The van der Waals surface area contributed by atoms with E-state index in [0.717, 1.165) is 5.69 Å². The van der Waals surface area contributed by atoms with Crippen molar-refractivity contribution in [3.8, 4) is 11.5 Å². The molecule has 27 heavy (non-hydrogen) atoms. The maximum absolute atomic E-state index is 13.9. The van der Waals surface area contributed by atoms with Crippen LogP contribution < -0.4 is 20.1 Å². The van der Waals surface area contributed by atoms with Gasteiger partial charge in [-0.3, -0.25) is 4.99 Å². The number of rotatable bonds is 6. The van der Waals surface area contributed by atoms with Crippen molar-refractivity contribution in [3.05, 3.63) is 53.6 Å². The SMILES string of the molecule is CCOc1ccc(NC(=NC)NC2CC2c2c(F)cccc2F)cc1OC. The Morgan fingerprint density at radius 1 is 1.19 bits per heavy atom. The van der Waals surface area contributed by atoms with Gasteiger partial charge in [-0.15, -0.1) is 0 Å². The number of benzene rings is 2. The maximum Gasteiger partial charge on any atom is 0.195 e. The summed E-state index contributed by atoms with van der Waals surface area (Å²) in [5.41, 5.74) is 0.894. The van der Waals surface area contributed by atoms with Gasteiger partial charge in [0.2, 0.25) is 0 Å². The average Bonchev–Trinajstić information content (AvgIpc) is 3.41. The van der Waals surface area contributed by atoms with E-state index in [1.165, 1.54) is 18.2 Å². The number of aliphatic imine (C=N–C) groups is 1. The van der Waals surface area contributed by atoms with Gasteiger partial charge in [0.25, 0.3) is 0 Å². The second kappa shape index (κ2) is 8.24. The lowest BCUT2D eigenvalue weighted by atomic mass is 10.1. The van der Waals surface area contributed by atoms with Gasteiger partial charge in [-0.1, -0.05) is 6.07 Å². The molecule has 1 aliphatic carbocycles. The lowest BCUT2D eigenvalue weighted by Gasteiger charge is -2.15. The molecule has 0 bridgehead atoms. The van der Waals surface area contributed by atoms with Crippen molar-refractivity contribution in [2.45, 2.75) is 25.3 Å². The standard InChI is InChI=1S/C20H23F2N3O2/c1-4-27-17-9-8-12(10-18(17)26-3)24-20(23-2)25-16-11-13(16)19-14(21)6-5-7-15(19)22/h5-10,13,16H,4,11H2,1-3H3,(H2,23,24,25). The number of hydrogen-bond acceptors (Lipinski definition) is 3. The highest BCUT2D eigenvalue weighted by atomic mass is 19.1. The first-order valence-electron chi connectivity index (χ1n) is 8.82. The predicted molar refractivity (Wildman–Crippen MR) is 102 cm³/mol. The first kappa shape index (κ1) is 18.9. The number of nitrogens with one attached hydrogen (secondary N) is 2. The van der Waals surface area contributed by atoms with Crippen LogP contribution in [0.25, 0.3) is 0 Å². The number of guanidine groups is 1. The van der Waals surface area contributed by atoms with Crippen molar-refractivity contribution < 1.29 is 18.3 Å². The third kappa shape index (κ3) is 4.30. The molecule has 0 aromatic heterocycles. The fourth-order valence-electron chi connectivity index (χ4n) is 3.03. The van der Waals surface area contributed by atoms with Gasteiger partial charge in [0.15, 0.2) is 17.5 Å². The van der Waals surface area contributed by atoms with E-state index in [9.17, 15) is 8.78 Å². The van der Waals surface area contributed by atoms with Crippen LogP contribution in [-0.4, -0.2) is 32.8 Å². The summed E-state index contributed by atoms with van der Waals surface area (Å²) < 4.78 is 38.7. The number of hydrogen-bond donors (Lipinski definition) is 2. The molecule has 0 radical (unpaired) electrons. The van der Waals surface area contributed by atoms with E-state index < -0.39 is 11.6 Å². The van der Waals surface area contributed by atoms with Crippen LogP contribution >= 0.6 is 0 Å². The van der Waals surface area contributed by atoms with Crippen molar-refractivity contribution in [2.24, 2.45) is 4.99 Å². The number of methoxy groups -OCH3 is 1. The zero-order chi connectivity index (χ0) is 19.4. The van der Waals surface area contributed by atoms with Crippen LogP contribution in [0.15, 0.2) is 41.4 Å². The monoisotopic (exact) mass is 375 g/mol. The van der Waals surface area contributed by atoms with Gasteiger partial charge in [0.05, 0.1) is 13.7 Å². The highest BCUT2D eigenvalue weighted by molar-refractivity contribution is 5.94. The Hall–Kier alpha value is -2.83. The highest BCUT2D eigenvalue weighted by Gasteiger charge is 2.42. The first-order chi connectivity index (χ1) is 13.1. The molecular weight excluding hydrogens is 352 g/mol. The lowest BCUT2D eigenvalue weighted by Crippen LogP contribution is -2.33. The van der Waals surface area contributed by atoms with Crippen LogP contribution in [0.2, 0.25) is 0 Å². The molecule has 0 spiro atoms. The molecule has 2 aromatic rings. The zero-order valence-corrected chi connectivity index (χ0v) is 15.6. The molecular formula is C20H23F2N3O2. The molecule has 144 valence electrons. The summed E-state index contributed by atoms with van der Waals surface area (Å²) in [6.45, 7) is 2.45. The van der Waals surface area contributed by atoms with E-state index in [-0.39, 0.29) is 17.5 Å². The van der Waals surface area contributed by atoms with E-state index in [4.69, 9.17) is 9.47 Å². The van der Waals surface area contributed by atoms with E-state index in [0.29, 0.717) is 30.5 Å². The molecule has 0 saturated heterocycles. The molecule has 2 atom stereocenters. The molecule has 2 N–H and O–H groups in total. The van der Waals surface area contributed by atoms with Crippen LogP contribution in [0.4, 0.5) is 14.5 Å². The van der Waals surface area contributed by atoms with E-state index >= 15 is 0 Å². The topological polar surface area (TPSA) is 54.9 Å². The Labute approximate surface area is 157 Å². The van der Waals surface area contributed by atoms with Gasteiger partial charge in [-0.05, 0) is 37.6 Å². The van der Waals surface area contributed by atoms with Crippen molar-refractivity contribution in [1.82, 2.24) is 5.32 Å². The Balaban J connectivity index is 1.66. The third-order valence-corrected chi connectivity index (χ3v) is 4.43. The Bertz CT molecular complexity index is 822. The fourth-order valence-corrected chi connectivity index (χ4v) is 3.03. The van der Waals surface area contributed by atoms with Crippen LogP contribution in [-0.2, 0) is 0 Å². The Morgan fingerprint density at radius 2 is 1.93 bits per heavy atom. The predicted octanol–water partition coefficient (Wildman–Crippen LogP) is 3.92. The summed E-state index contributed by atoms with van der Waals surface area (Å²) in [6.07, 6.45) is 0.644. The lowest BCUT2D eigenvalue weighted by molar-refractivity contribution is 0.311. The summed E-state index contributed by atoms with van der Waals surface area (Å²) in [6, 6.07) is 9.33.